The van der Waals surface area contributed by atoms with Crippen LogP contribution < -0.4 is 10.1 Å². The average molecular weight is 463 g/mol. The van der Waals surface area contributed by atoms with Crippen LogP contribution in [0.25, 0.3) is 0 Å². The summed E-state index contributed by atoms with van der Waals surface area (Å²) in [7, 11) is -3.55. The Kier molecular flexibility index (Phi) is 6.59. The van der Waals surface area contributed by atoms with E-state index >= 15 is 0 Å². The van der Waals surface area contributed by atoms with E-state index in [2.05, 4.69) is 5.32 Å². The molecule has 6 nitrogen and oxygen atoms in total. The molecule has 11 heteroatoms. The fourth-order valence-corrected chi connectivity index (χ4v) is 4.69. The van der Waals surface area contributed by atoms with Gasteiger partial charge in [0.05, 0.1) is 15.5 Å². The van der Waals surface area contributed by atoms with Crippen molar-refractivity contribution >= 4 is 33.2 Å². The van der Waals surface area contributed by atoms with Gasteiger partial charge in [-0.25, -0.2) is 8.42 Å². The van der Waals surface area contributed by atoms with E-state index in [1.165, 1.54) is 34.6 Å². The predicted octanol–water partition coefficient (Wildman–Crippen LogP) is 4.16. The van der Waals surface area contributed by atoms with Crippen molar-refractivity contribution in [2.24, 2.45) is 0 Å². The Morgan fingerprint density at radius 1 is 1.10 bits per heavy atom. The number of rotatable bonds is 6. The van der Waals surface area contributed by atoms with Crippen molar-refractivity contribution in [3.05, 3.63) is 53.1 Å². The third-order valence-corrected chi connectivity index (χ3v) is 6.69. The van der Waals surface area contributed by atoms with Crippen molar-refractivity contribution in [2.75, 3.05) is 25.0 Å². The Bertz CT molecular complexity index is 1020. The molecule has 0 aliphatic carbocycles. The van der Waals surface area contributed by atoms with Crippen molar-refractivity contribution < 1.29 is 31.1 Å². The third-order valence-electron chi connectivity index (χ3n) is 4.45. The minimum absolute atomic E-state index is 0.0765. The fourth-order valence-electron chi connectivity index (χ4n) is 2.95. The van der Waals surface area contributed by atoms with Crippen LogP contribution in [0.15, 0.2) is 47.4 Å². The Hall–Kier alpha value is -2.30. The molecule has 0 atom stereocenters. The van der Waals surface area contributed by atoms with Gasteiger partial charge in [0.2, 0.25) is 10.0 Å². The zero-order valence-corrected chi connectivity index (χ0v) is 17.1. The van der Waals surface area contributed by atoms with Crippen molar-refractivity contribution in [3.63, 3.8) is 0 Å². The van der Waals surface area contributed by atoms with Crippen LogP contribution in [-0.2, 0) is 21.0 Å². The lowest BCUT2D eigenvalue weighted by Crippen LogP contribution is -2.27. The Morgan fingerprint density at radius 3 is 2.33 bits per heavy atom. The third kappa shape index (κ3) is 5.24. The molecule has 1 aliphatic heterocycles. The van der Waals surface area contributed by atoms with Crippen LogP contribution in [0.2, 0.25) is 5.02 Å². The molecule has 0 radical (unpaired) electrons. The predicted molar refractivity (Wildman–Crippen MR) is 105 cm³/mol. The van der Waals surface area contributed by atoms with Gasteiger partial charge in [-0.05, 0) is 55.3 Å². The van der Waals surface area contributed by atoms with Gasteiger partial charge in [-0.15, -0.1) is 0 Å². The van der Waals surface area contributed by atoms with Crippen molar-refractivity contribution in [3.8, 4) is 5.75 Å². The molecule has 30 heavy (non-hydrogen) atoms. The summed E-state index contributed by atoms with van der Waals surface area (Å²) < 4.78 is 70.3. The number of halogens is 4. The van der Waals surface area contributed by atoms with Gasteiger partial charge in [0, 0.05) is 18.8 Å². The molecule has 1 heterocycles. The Labute approximate surface area is 176 Å². The maximum Gasteiger partial charge on any atom is 0.417 e. The lowest BCUT2D eigenvalue weighted by Gasteiger charge is -2.15. The van der Waals surface area contributed by atoms with E-state index in [0.717, 1.165) is 25.0 Å². The molecule has 0 spiro atoms. The first-order valence-corrected chi connectivity index (χ1v) is 10.8. The first-order chi connectivity index (χ1) is 14.1. The summed E-state index contributed by atoms with van der Waals surface area (Å²) in [5.74, 6) is -0.433. The highest BCUT2D eigenvalue weighted by molar-refractivity contribution is 7.89. The molecular weight excluding hydrogens is 445 g/mol. The first kappa shape index (κ1) is 22.4. The zero-order valence-electron chi connectivity index (χ0n) is 15.6. The summed E-state index contributed by atoms with van der Waals surface area (Å²) >= 11 is 5.54. The normalized spacial score (nSPS) is 15.2. The molecule has 0 unspecified atom stereocenters. The summed E-state index contributed by atoms with van der Waals surface area (Å²) in [6.07, 6.45) is -2.99. The molecule has 162 valence electrons. The standard InChI is InChI=1S/C19H18ClF3N2O4S/c20-17-8-3-13(11-16(17)19(21,22)23)24-18(26)12-29-14-4-6-15(7-5-14)30(27,28)25-9-1-2-10-25/h3-8,11H,1-2,9-10,12H2,(H,24,26). The second kappa shape index (κ2) is 8.83. The van der Waals surface area contributed by atoms with Gasteiger partial charge in [-0.1, -0.05) is 11.6 Å². The van der Waals surface area contributed by atoms with Gasteiger partial charge < -0.3 is 10.1 Å². The van der Waals surface area contributed by atoms with E-state index in [9.17, 15) is 26.4 Å². The quantitative estimate of drug-likeness (QED) is 0.699. The number of amides is 1. The molecule has 0 saturated carbocycles. The second-order valence-electron chi connectivity index (χ2n) is 6.61. The van der Waals surface area contributed by atoms with Gasteiger partial charge in [-0.3, -0.25) is 4.79 Å². The molecule has 1 fully saturated rings. The Balaban J connectivity index is 1.59. The highest BCUT2D eigenvalue weighted by atomic mass is 35.5. The van der Waals surface area contributed by atoms with Gasteiger partial charge in [0.25, 0.3) is 5.91 Å². The number of nitrogens with zero attached hydrogens (tertiary/aromatic N) is 1. The molecule has 0 aromatic heterocycles. The van der Waals surface area contributed by atoms with E-state index in [-0.39, 0.29) is 16.3 Å². The molecule has 1 saturated heterocycles. The van der Waals surface area contributed by atoms with E-state index in [0.29, 0.717) is 13.1 Å². The monoisotopic (exact) mass is 462 g/mol. The summed E-state index contributed by atoms with van der Waals surface area (Å²) in [4.78, 5) is 12.1. The summed E-state index contributed by atoms with van der Waals surface area (Å²) in [6, 6.07) is 8.62. The minimum atomic E-state index is -4.65. The maximum atomic E-state index is 12.9. The molecule has 0 bridgehead atoms. The van der Waals surface area contributed by atoms with Gasteiger partial charge in [0.15, 0.2) is 6.61 Å². The number of alkyl halides is 3. The van der Waals surface area contributed by atoms with E-state index in [1.54, 1.807) is 0 Å². The molecule has 1 N–H and O–H groups in total. The largest absolute Gasteiger partial charge is 0.484 e. The highest BCUT2D eigenvalue weighted by Crippen LogP contribution is 2.36. The van der Waals surface area contributed by atoms with E-state index in [1.807, 2.05) is 0 Å². The van der Waals surface area contributed by atoms with Crippen LogP contribution in [-0.4, -0.2) is 38.3 Å². The number of sulfonamides is 1. The molecule has 1 amide bonds. The van der Waals surface area contributed by atoms with Crippen LogP contribution in [0, 0.1) is 0 Å². The summed E-state index contributed by atoms with van der Waals surface area (Å²) in [6.45, 7) is 0.505. The van der Waals surface area contributed by atoms with Crippen LogP contribution in [0.3, 0.4) is 0 Å². The molecule has 2 aromatic rings. The molecular formula is C19H18ClF3N2O4S. The smallest absolute Gasteiger partial charge is 0.417 e. The van der Waals surface area contributed by atoms with Gasteiger partial charge in [-0.2, -0.15) is 17.5 Å². The van der Waals surface area contributed by atoms with Crippen LogP contribution in [0.4, 0.5) is 18.9 Å². The molecule has 2 aromatic carbocycles. The van der Waals surface area contributed by atoms with E-state index < -0.39 is 39.3 Å². The summed E-state index contributed by atoms with van der Waals surface area (Å²) in [5.41, 5.74) is -1.13. The number of benzene rings is 2. The topological polar surface area (TPSA) is 75.7 Å². The maximum absolute atomic E-state index is 12.9. The van der Waals surface area contributed by atoms with Gasteiger partial charge in [0.1, 0.15) is 5.75 Å². The number of hydrogen-bond donors (Lipinski definition) is 1. The average Bonchev–Trinajstić information content (AvgIpc) is 3.23. The number of nitrogens with one attached hydrogen (secondary N) is 1. The lowest BCUT2D eigenvalue weighted by molar-refractivity contribution is -0.137. The van der Waals surface area contributed by atoms with E-state index in [4.69, 9.17) is 16.3 Å². The van der Waals surface area contributed by atoms with Crippen molar-refractivity contribution in [1.82, 2.24) is 4.31 Å². The lowest BCUT2D eigenvalue weighted by atomic mass is 10.2. The Morgan fingerprint density at radius 2 is 1.73 bits per heavy atom. The first-order valence-electron chi connectivity index (χ1n) is 8.97. The fraction of sp³-hybridized carbons (Fsp3) is 0.316. The number of carbonyl (C=O) groups excluding carboxylic acids is 1. The van der Waals surface area contributed by atoms with Crippen LogP contribution in [0.5, 0.6) is 5.75 Å². The number of hydrogen-bond acceptors (Lipinski definition) is 4. The zero-order chi connectivity index (χ0) is 21.9. The molecule has 1 aliphatic rings. The number of anilines is 1. The highest BCUT2D eigenvalue weighted by Gasteiger charge is 2.33. The number of ether oxygens (including phenoxy) is 1. The van der Waals surface area contributed by atoms with Gasteiger partial charge >= 0.3 is 6.18 Å². The van der Waals surface area contributed by atoms with Crippen molar-refractivity contribution in [1.29, 1.82) is 0 Å². The SMILES string of the molecule is O=C(COc1ccc(S(=O)(=O)N2CCCC2)cc1)Nc1ccc(Cl)c(C(F)(F)F)c1. The number of carbonyl (C=O) groups is 1. The second-order valence-corrected chi connectivity index (χ2v) is 8.96. The molecule has 3 rings (SSSR count). The minimum Gasteiger partial charge on any atom is -0.484 e. The summed E-state index contributed by atoms with van der Waals surface area (Å²) in [5, 5.41) is 1.83. The van der Waals surface area contributed by atoms with Crippen LogP contribution >= 0.6 is 11.6 Å². The van der Waals surface area contributed by atoms with Crippen molar-refractivity contribution in [2.45, 2.75) is 23.9 Å². The van der Waals surface area contributed by atoms with Crippen LogP contribution in [0.1, 0.15) is 18.4 Å².